The molecule has 0 saturated heterocycles. The minimum absolute atomic E-state index is 0.0508. The number of fused-ring (bicyclic) bond motifs is 1. The largest absolute Gasteiger partial charge is 0.433 e. The van der Waals surface area contributed by atoms with Crippen LogP contribution < -0.4 is 10.6 Å². The van der Waals surface area contributed by atoms with Crippen molar-refractivity contribution < 1.29 is 22.8 Å². The predicted molar refractivity (Wildman–Crippen MR) is 152 cm³/mol. The molecule has 2 aromatic carbocycles. The first-order chi connectivity index (χ1) is 19.5. The molecule has 5 rings (SSSR count). The lowest BCUT2D eigenvalue weighted by Crippen LogP contribution is -2.17. The SMILES string of the molecule is Cc1nn(Cc2ccc(C(=O)Nc3cccnc3)cc2)c(C)c1NC(=O)c1cc(C(F)(F)F)nc2ccc(Br)cc12. The van der Waals surface area contributed by atoms with E-state index in [2.05, 4.69) is 41.6 Å². The highest BCUT2D eigenvalue weighted by molar-refractivity contribution is 9.10. The maximum absolute atomic E-state index is 13.5. The van der Waals surface area contributed by atoms with Gasteiger partial charge in [-0.1, -0.05) is 28.1 Å². The van der Waals surface area contributed by atoms with Gasteiger partial charge in [-0.05, 0) is 67.9 Å². The van der Waals surface area contributed by atoms with Gasteiger partial charge in [0.15, 0.2) is 0 Å². The Kier molecular flexibility index (Phi) is 7.59. The molecule has 0 aliphatic carbocycles. The zero-order valence-electron chi connectivity index (χ0n) is 21.8. The number of carbonyl (C=O) groups excluding carboxylic acids is 2. The number of rotatable bonds is 6. The molecular weight excluding hydrogens is 601 g/mol. The molecule has 0 radical (unpaired) electrons. The van der Waals surface area contributed by atoms with Crippen LogP contribution in [0.2, 0.25) is 0 Å². The van der Waals surface area contributed by atoms with Crippen molar-refractivity contribution in [2.75, 3.05) is 10.6 Å². The van der Waals surface area contributed by atoms with Crippen LogP contribution >= 0.6 is 15.9 Å². The molecule has 0 unspecified atom stereocenters. The highest BCUT2D eigenvalue weighted by atomic mass is 79.9. The number of benzene rings is 2. The number of aryl methyl sites for hydroxylation is 1. The molecule has 0 spiro atoms. The molecule has 0 saturated carbocycles. The Hall–Kier alpha value is -4.58. The highest BCUT2D eigenvalue weighted by Gasteiger charge is 2.34. The van der Waals surface area contributed by atoms with Crippen molar-refractivity contribution in [3.05, 3.63) is 111 Å². The predicted octanol–water partition coefficient (Wildman–Crippen LogP) is 6.78. The number of aromatic nitrogens is 4. The number of hydrogen-bond donors (Lipinski definition) is 2. The highest BCUT2D eigenvalue weighted by Crippen LogP contribution is 2.32. The van der Waals surface area contributed by atoms with Crippen LogP contribution in [0.3, 0.4) is 0 Å². The molecule has 41 heavy (non-hydrogen) atoms. The Morgan fingerprint density at radius 2 is 1.73 bits per heavy atom. The molecule has 0 bridgehead atoms. The maximum Gasteiger partial charge on any atom is 0.433 e. The van der Waals surface area contributed by atoms with Crippen LogP contribution in [0.4, 0.5) is 24.5 Å². The molecule has 0 aliphatic rings. The molecule has 208 valence electrons. The quantitative estimate of drug-likeness (QED) is 0.217. The third kappa shape index (κ3) is 6.12. The van der Waals surface area contributed by atoms with Crippen molar-refractivity contribution in [3.8, 4) is 0 Å². The molecule has 3 aromatic heterocycles. The molecule has 0 aliphatic heterocycles. The van der Waals surface area contributed by atoms with Gasteiger partial charge >= 0.3 is 6.18 Å². The fourth-order valence-electron chi connectivity index (χ4n) is 4.32. The Morgan fingerprint density at radius 3 is 2.41 bits per heavy atom. The summed E-state index contributed by atoms with van der Waals surface area (Å²) in [5.74, 6) is -0.985. The van der Waals surface area contributed by atoms with E-state index in [0.717, 1.165) is 11.6 Å². The molecule has 0 atom stereocenters. The van der Waals surface area contributed by atoms with Crippen molar-refractivity contribution in [1.29, 1.82) is 0 Å². The third-order valence-electron chi connectivity index (χ3n) is 6.39. The van der Waals surface area contributed by atoms with Crippen molar-refractivity contribution >= 4 is 50.0 Å². The summed E-state index contributed by atoms with van der Waals surface area (Å²) in [7, 11) is 0. The van der Waals surface area contributed by atoms with Gasteiger partial charge in [0.2, 0.25) is 0 Å². The van der Waals surface area contributed by atoms with Crippen LogP contribution in [0.25, 0.3) is 10.9 Å². The Morgan fingerprint density at radius 1 is 0.976 bits per heavy atom. The fraction of sp³-hybridized carbons (Fsp3) is 0.138. The van der Waals surface area contributed by atoms with Gasteiger partial charge in [-0.3, -0.25) is 19.3 Å². The van der Waals surface area contributed by atoms with Crippen LogP contribution in [-0.4, -0.2) is 31.6 Å². The second-order valence-corrected chi connectivity index (χ2v) is 10.2. The molecule has 8 nitrogen and oxygen atoms in total. The standard InChI is InChI=1S/C29H22BrF3N6O2/c1-16-26(37-28(41)23-13-25(29(31,32)33)36-24-10-9-20(30)12-22(23)24)17(2)39(38-16)15-18-5-7-19(8-6-18)27(40)35-21-4-3-11-34-14-21/h3-14H,15H2,1-2H3,(H,35,40)(H,37,41). The summed E-state index contributed by atoms with van der Waals surface area (Å²) in [6, 6.07) is 15.8. The summed E-state index contributed by atoms with van der Waals surface area (Å²) >= 11 is 3.31. The van der Waals surface area contributed by atoms with Crippen molar-refractivity contribution in [1.82, 2.24) is 19.7 Å². The first kappa shape index (κ1) is 28.0. The van der Waals surface area contributed by atoms with Crippen LogP contribution in [0.15, 0.2) is 77.5 Å². The lowest BCUT2D eigenvalue weighted by molar-refractivity contribution is -0.141. The molecule has 5 aromatic rings. The van der Waals surface area contributed by atoms with E-state index in [9.17, 15) is 22.8 Å². The topological polar surface area (TPSA) is 102 Å². The Balaban J connectivity index is 1.36. The zero-order valence-corrected chi connectivity index (χ0v) is 23.3. The van der Waals surface area contributed by atoms with Gasteiger partial charge in [-0.15, -0.1) is 0 Å². The molecular formula is C29H22BrF3N6O2. The second-order valence-electron chi connectivity index (χ2n) is 9.26. The fourth-order valence-corrected chi connectivity index (χ4v) is 4.68. The van der Waals surface area contributed by atoms with Gasteiger partial charge < -0.3 is 10.6 Å². The number of nitrogens with zero attached hydrogens (tertiary/aromatic N) is 4. The van der Waals surface area contributed by atoms with E-state index in [1.54, 1.807) is 79.5 Å². The lowest BCUT2D eigenvalue weighted by Gasteiger charge is -2.13. The number of pyridine rings is 2. The second kappa shape index (κ2) is 11.1. The van der Waals surface area contributed by atoms with Crippen LogP contribution in [-0.2, 0) is 12.7 Å². The summed E-state index contributed by atoms with van der Waals surface area (Å²) in [6.07, 6.45) is -1.55. The van der Waals surface area contributed by atoms with Gasteiger partial charge in [0.25, 0.3) is 11.8 Å². The van der Waals surface area contributed by atoms with Gasteiger partial charge in [-0.2, -0.15) is 18.3 Å². The number of nitrogens with one attached hydrogen (secondary N) is 2. The summed E-state index contributed by atoms with van der Waals surface area (Å²) in [6.45, 7) is 3.80. The zero-order chi connectivity index (χ0) is 29.3. The van der Waals surface area contributed by atoms with E-state index >= 15 is 0 Å². The third-order valence-corrected chi connectivity index (χ3v) is 6.89. The molecule has 0 fully saturated rings. The van der Waals surface area contributed by atoms with E-state index in [1.165, 1.54) is 6.07 Å². The normalized spacial score (nSPS) is 11.5. The number of amides is 2. The summed E-state index contributed by atoms with van der Waals surface area (Å²) in [5.41, 5.74) is 2.16. The minimum Gasteiger partial charge on any atom is -0.321 e. The van der Waals surface area contributed by atoms with E-state index in [4.69, 9.17) is 0 Å². The first-order valence-electron chi connectivity index (χ1n) is 12.3. The lowest BCUT2D eigenvalue weighted by atomic mass is 10.1. The van der Waals surface area contributed by atoms with Crippen LogP contribution in [0, 0.1) is 13.8 Å². The van der Waals surface area contributed by atoms with E-state index < -0.39 is 17.8 Å². The smallest absolute Gasteiger partial charge is 0.321 e. The van der Waals surface area contributed by atoms with E-state index in [0.29, 0.717) is 39.3 Å². The number of halogens is 4. The maximum atomic E-state index is 13.5. The molecule has 12 heteroatoms. The number of carbonyl (C=O) groups is 2. The number of hydrogen-bond acceptors (Lipinski definition) is 5. The average Bonchev–Trinajstić information content (AvgIpc) is 3.20. The molecule has 2 N–H and O–H groups in total. The minimum atomic E-state index is -4.72. The van der Waals surface area contributed by atoms with Gasteiger partial charge in [0.05, 0.1) is 46.6 Å². The van der Waals surface area contributed by atoms with Gasteiger partial charge in [-0.25, -0.2) is 4.98 Å². The van der Waals surface area contributed by atoms with Crippen LogP contribution in [0.5, 0.6) is 0 Å². The number of anilines is 2. The van der Waals surface area contributed by atoms with Crippen molar-refractivity contribution in [2.24, 2.45) is 0 Å². The van der Waals surface area contributed by atoms with E-state index in [-0.39, 0.29) is 22.4 Å². The first-order valence-corrected chi connectivity index (χ1v) is 13.1. The molecule has 3 heterocycles. The summed E-state index contributed by atoms with van der Waals surface area (Å²) in [4.78, 5) is 33.5. The van der Waals surface area contributed by atoms with Crippen molar-refractivity contribution in [3.63, 3.8) is 0 Å². The number of alkyl halides is 3. The van der Waals surface area contributed by atoms with Gasteiger partial charge in [0, 0.05) is 21.6 Å². The van der Waals surface area contributed by atoms with E-state index in [1.807, 2.05) is 0 Å². The monoisotopic (exact) mass is 622 g/mol. The Bertz CT molecular complexity index is 1770. The van der Waals surface area contributed by atoms with Crippen molar-refractivity contribution in [2.45, 2.75) is 26.6 Å². The average molecular weight is 623 g/mol. The Labute approximate surface area is 240 Å². The van der Waals surface area contributed by atoms with Crippen LogP contribution in [0.1, 0.15) is 43.4 Å². The molecule has 2 amide bonds. The van der Waals surface area contributed by atoms with Gasteiger partial charge in [0.1, 0.15) is 5.69 Å². The summed E-state index contributed by atoms with van der Waals surface area (Å²) in [5, 5.41) is 10.3. The summed E-state index contributed by atoms with van der Waals surface area (Å²) < 4.78 is 42.9.